The van der Waals surface area contributed by atoms with Crippen molar-refractivity contribution in [1.82, 2.24) is 16.2 Å². The van der Waals surface area contributed by atoms with Crippen molar-refractivity contribution >= 4 is 23.6 Å². The molecule has 8 nitrogen and oxygen atoms in total. The van der Waals surface area contributed by atoms with Gasteiger partial charge in [0.15, 0.2) is 0 Å². The third-order valence-corrected chi connectivity index (χ3v) is 5.85. The molecule has 1 aliphatic carbocycles. The van der Waals surface area contributed by atoms with E-state index in [2.05, 4.69) is 16.2 Å². The van der Waals surface area contributed by atoms with E-state index in [-0.39, 0.29) is 11.8 Å². The monoisotopic (exact) mass is 387 g/mol. The zero-order valence-corrected chi connectivity index (χ0v) is 16.5. The lowest BCUT2D eigenvalue weighted by Gasteiger charge is -2.53. The van der Waals surface area contributed by atoms with Crippen molar-refractivity contribution in [1.29, 1.82) is 0 Å². The fourth-order valence-corrected chi connectivity index (χ4v) is 4.74. The Kier molecular flexibility index (Phi) is 4.69. The number of piperidine rings is 1. The minimum absolute atomic E-state index is 0.291. The topological polar surface area (TPSA) is 114 Å². The van der Waals surface area contributed by atoms with Crippen LogP contribution in [0, 0.1) is 16.2 Å². The summed E-state index contributed by atoms with van der Waals surface area (Å²) in [6, 6.07) is 6.45. The van der Waals surface area contributed by atoms with Crippen LogP contribution in [0.2, 0.25) is 0 Å². The van der Waals surface area contributed by atoms with Crippen LogP contribution in [0.1, 0.15) is 50.4 Å². The number of carbonyl (C=O) groups is 4. The summed E-state index contributed by atoms with van der Waals surface area (Å²) >= 11 is 0. The Morgan fingerprint density at radius 2 is 1.46 bits per heavy atom. The van der Waals surface area contributed by atoms with Gasteiger partial charge in [-0.15, -0.1) is 0 Å². The molecule has 0 radical (unpaired) electrons. The van der Waals surface area contributed by atoms with Gasteiger partial charge in [-0.25, -0.2) is 0 Å². The first-order valence-electron chi connectivity index (χ1n) is 9.12. The standard InChI is InChI=1S/C20H25N3O5/c1-18-9-19(2,16(26)21-15(18)25)11-20(3,10-18)17(27)23-22-14(24)12-5-7-13(28-4)8-6-12/h5-8H,9-11H2,1-4H3,(H,22,24)(H,23,27)(H,21,25,26). The summed E-state index contributed by atoms with van der Waals surface area (Å²) in [5.74, 6) is -0.978. The van der Waals surface area contributed by atoms with E-state index in [4.69, 9.17) is 4.74 Å². The number of nitrogens with one attached hydrogen (secondary N) is 3. The van der Waals surface area contributed by atoms with Crippen LogP contribution in [-0.2, 0) is 14.4 Å². The molecule has 1 heterocycles. The number of benzene rings is 1. The average Bonchev–Trinajstić information content (AvgIpc) is 2.63. The lowest BCUT2D eigenvalue weighted by atomic mass is 9.52. The fraction of sp³-hybridized carbons (Fsp3) is 0.500. The van der Waals surface area contributed by atoms with E-state index in [1.165, 1.54) is 7.11 Å². The van der Waals surface area contributed by atoms with E-state index in [0.717, 1.165) is 0 Å². The van der Waals surface area contributed by atoms with Gasteiger partial charge in [0.2, 0.25) is 17.7 Å². The number of hydrogen-bond donors (Lipinski definition) is 3. The van der Waals surface area contributed by atoms with Crippen LogP contribution in [0.5, 0.6) is 5.75 Å². The van der Waals surface area contributed by atoms with Gasteiger partial charge in [0.1, 0.15) is 5.75 Å². The van der Waals surface area contributed by atoms with Crippen molar-refractivity contribution < 1.29 is 23.9 Å². The summed E-state index contributed by atoms with van der Waals surface area (Å²) < 4.78 is 5.05. The predicted octanol–water partition coefficient (Wildman–Crippen LogP) is 1.32. The van der Waals surface area contributed by atoms with Gasteiger partial charge in [-0.2, -0.15) is 0 Å². The number of fused-ring (bicyclic) bond motifs is 2. The molecule has 2 atom stereocenters. The van der Waals surface area contributed by atoms with Crippen molar-refractivity contribution in [3.05, 3.63) is 29.8 Å². The molecule has 150 valence electrons. The third kappa shape index (κ3) is 3.34. The molecule has 2 bridgehead atoms. The highest BCUT2D eigenvalue weighted by atomic mass is 16.5. The first-order chi connectivity index (χ1) is 13.0. The van der Waals surface area contributed by atoms with Crippen LogP contribution in [0.15, 0.2) is 24.3 Å². The number of rotatable bonds is 3. The fourth-order valence-electron chi connectivity index (χ4n) is 4.74. The summed E-state index contributed by atoms with van der Waals surface area (Å²) in [6.07, 6.45) is 0.990. The van der Waals surface area contributed by atoms with Crippen LogP contribution in [0.25, 0.3) is 0 Å². The van der Waals surface area contributed by atoms with E-state index < -0.39 is 28.1 Å². The highest BCUT2D eigenvalue weighted by molar-refractivity contribution is 6.04. The number of hydrazine groups is 1. The lowest BCUT2D eigenvalue weighted by molar-refractivity contribution is -0.164. The van der Waals surface area contributed by atoms with Crippen molar-refractivity contribution in [3.63, 3.8) is 0 Å². The molecule has 4 amide bonds. The molecule has 28 heavy (non-hydrogen) atoms. The van der Waals surface area contributed by atoms with Crippen molar-refractivity contribution in [2.45, 2.75) is 40.0 Å². The smallest absolute Gasteiger partial charge is 0.269 e. The first kappa shape index (κ1) is 19.9. The first-order valence-corrected chi connectivity index (χ1v) is 9.12. The average molecular weight is 387 g/mol. The lowest BCUT2D eigenvalue weighted by Crippen LogP contribution is -2.64. The summed E-state index contributed by atoms with van der Waals surface area (Å²) in [6.45, 7) is 5.27. The normalized spacial score (nSPS) is 31.6. The highest BCUT2D eigenvalue weighted by Gasteiger charge is 2.60. The molecular formula is C20H25N3O5. The molecule has 1 aliphatic heterocycles. The van der Waals surface area contributed by atoms with E-state index in [1.54, 1.807) is 45.0 Å². The van der Waals surface area contributed by atoms with E-state index >= 15 is 0 Å². The molecule has 2 aliphatic rings. The molecule has 3 rings (SSSR count). The number of methoxy groups -OCH3 is 1. The van der Waals surface area contributed by atoms with E-state index in [9.17, 15) is 19.2 Å². The van der Waals surface area contributed by atoms with Gasteiger partial charge < -0.3 is 4.74 Å². The minimum atomic E-state index is -0.970. The zero-order valence-electron chi connectivity index (χ0n) is 16.5. The summed E-state index contributed by atoms with van der Waals surface area (Å²) in [4.78, 5) is 49.9. The van der Waals surface area contributed by atoms with Gasteiger partial charge in [-0.1, -0.05) is 20.8 Å². The zero-order chi connectivity index (χ0) is 20.7. The maximum atomic E-state index is 12.9. The SMILES string of the molecule is COc1ccc(C(=O)NNC(=O)C2(C)CC3(C)CC(C)(C2)C(=O)NC3=O)cc1. The molecular weight excluding hydrogens is 362 g/mol. The molecule has 0 aromatic heterocycles. The number of ether oxygens (including phenoxy) is 1. The van der Waals surface area contributed by atoms with Gasteiger partial charge in [-0.3, -0.25) is 35.3 Å². The Balaban J connectivity index is 1.71. The van der Waals surface area contributed by atoms with Crippen molar-refractivity contribution in [2.24, 2.45) is 16.2 Å². The summed E-state index contributed by atoms with van der Waals surface area (Å²) in [5.41, 5.74) is 2.63. The summed E-state index contributed by atoms with van der Waals surface area (Å²) in [7, 11) is 1.53. The molecule has 1 saturated heterocycles. The Labute approximate surface area is 163 Å². The van der Waals surface area contributed by atoms with Gasteiger partial charge in [-0.05, 0) is 43.5 Å². The maximum absolute atomic E-state index is 12.9. The maximum Gasteiger partial charge on any atom is 0.269 e. The second kappa shape index (κ2) is 6.61. The van der Waals surface area contributed by atoms with Crippen LogP contribution in [-0.4, -0.2) is 30.7 Å². The number of amides is 4. The largest absolute Gasteiger partial charge is 0.497 e. The number of carbonyl (C=O) groups excluding carboxylic acids is 4. The quantitative estimate of drug-likeness (QED) is 0.535. The predicted molar refractivity (Wildman–Crippen MR) is 99.9 cm³/mol. The molecule has 1 saturated carbocycles. The Hall–Kier alpha value is -2.90. The van der Waals surface area contributed by atoms with Crippen LogP contribution >= 0.6 is 0 Å². The molecule has 1 aromatic carbocycles. The second-order valence-corrected chi connectivity index (χ2v) is 8.63. The molecule has 3 N–H and O–H groups in total. The van der Waals surface area contributed by atoms with E-state index in [0.29, 0.717) is 30.6 Å². The molecule has 0 spiro atoms. The van der Waals surface area contributed by atoms with Crippen molar-refractivity contribution in [2.75, 3.05) is 7.11 Å². The van der Waals surface area contributed by atoms with Crippen LogP contribution in [0.3, 0.4) is 0 Å². The second-order valence-electron chi connectivity index (χ2n) is 8.63. The van der Waals surface area contributed by atoms with E-state index in [1.807, 2.05) is 0 Å². The number of hydrogen-bond acceptors (Lipinski definition) is 5. The minimum Gasteiger partial charge on any atom is -0.497 e. The molecule has 8 heteroatoms. The molecule has 2 unspecified atom stereocenters. The van der Waals surface area contributed by atoms with Gasteiger partial charge in [0.05, 0.1) is 12.5 Å². The Morgan fingerprint density at radius 3 is 1.96 bits per heavy atom. The van der Waals surface area contributed by atoms with Gasteiger partial charge in [0, 0.05) is 16.4 Å². The van der Waals surface area contributed by atoms with Crippen LogP contribution < -0.4 is 20.9 Å². The highest BCUT2D eigenvalue weighted by Crippen LogP contribution is 2.56. The van der Waals surface area contributed by atoms with Crippen molar-refractivity contribution in [3.8, 4) is 5.75 Å². The third-order valence-electron chi connectivity index (χ3n) is 5.85. The van der Waals surface area contributed by atoms with Gasteiger partial charge >= 0.3 is 0 Å². The summed E-state index contributed by atoms with van der Waals surface area (Å²) in [5, 5.41) is 2.43. The molecule has 2 fully saturated rings. The van der Waals surface area contributed by atoms with Crippen LogP contribution in [0.4, 0.5) is 0 Å². The Morgan fingerprint density at radius 1 is 0.929 bits per heavy atom. The number of imide groups is 1. The molecule has 1 aromatic rings. The Bertz CT molecular complexity index is 822. The van der Waals surface area contributed by atoms with Gasteiger partial charge in [0.25, 0.3) is 5.91 Å².